The lowest BCUT2D eigenvalue weighted by Gasteiger charge is -2.32. The number of benzene rings is 1. The Bertz CT molecular complexity index is 1300. The lowest BCUT2D eigenvalue weighted by molar-refractivity contribution is -0.193. The second kappa shape index (κ2) is 14.8. The molecule has 2 aromatic rings. The normalized spacial score (nSPS) is 20.4. The fourth-order valence-electron chi connectivity index (χ4n) is 4.31. The van der Waals surface area contributed by atoms with Crippen LogP contribution in [-0.2, 0) is 26.2 Å². The van der Waals surface area contributed by atoms with Crippen molar-refractivity contribution in [2.24, 2.45) is 5.92 Å². The third-order valence-corrected chi connectivity index (χ3v) is 8.07. The number of sulfonamides is 1. The Morgan fingerprint density at radius 1 is 0.977 bits per heavy atom. The molecule has 1 saturated heterocycles. The number of aliphatic carboxylic acids is 2. The smallest absolute Gasteiger partial charge is 0.487 e. The number of fused-ring (bicyclic) bond motifs is 2. The number of pyridine rings is 1. The minimum Gasteiger partial charge on any atom is -0.487 e. The van der Waals surface area contributed by atoms with Gasteiger partial charge in [0.15, 0.2) is 0 Å². The molecule has 1 fully saturated rings. The van der Waals surface area contributed by atoms with Crippen LogP contribution < -0.4 is 4.74 Å². The maximum absolute atomic E-state index is 13.5. The van der Waals surface area contributed by atoms with E-state index in [2.05, 4.69) is 29.8 Å². The number of carboxylic acid groups (broad SMARTS) is 2. The van der Waals surface area contributed by atoms with E-state index in [1.165, 1.54) is 5.56 Å². The molecule has 43 heavy (non-hydrogen) atoms. The number of carboxylic acids is 2. The molecule has 3 heterocycles. The predicted molar refractivity (Wildman–Crippen MR) is 140 cm³/mol. The number of hydrogen-bond acceptors (Lipinski definition) is 7. The van der Waals surface area contributed by atoms with Crippen molar-refractivity contribution in [1.82, 2.24) is 14.2 Å². The van der Waals surface area contributed by atoms with Crippen LogP contribution in [0.25, 0.3) is 0 Å². The number of likely N-dealkylation sites (tertiary alicyclic amines) is 1. The van der Waals surface area contributed by atoms with Crippen LogP contribution in [0.2, 0.25) is 0 Å². The molecule has 0 bridgehead atoms. The molecule has 17 heteroatoms. The summed E-state index contributed by atoms with van der Waals surface area (Å²) < 4.78 is 98.6. The first kappa shape index (κ1) is 35.8. The van der Waals surface area contributed by atoms with Crippen molar-refractivity contribution in [2.75, 3.05) is 19.6 Å². The first-order chi connectivity index (χ1) is 19.8. The van der Waals surface area contributed by atoms with Crippen LogP contribution in [0.3, 0.4) is 0 Å². The standard InChI is InChI=1S/C22H29N3O3S.2C2HF3O2/c1-17(2)15-25-19-9-12-24(16-18-6-5-11-23-14-18)13-10-20(19)28-21-7-3-4-8-22(21)29(25,26)27;2*3-2(4,5)1(6)7/h3-8,11,14,17,19-20H,9-10,12-13,15-16H2,1-2H3;2*(H,6,7)/t19-,20-;;/m0../s1. The van der Waals surface area contributed by atoms with Crippen molar-refractivity contribution in [3.63, 3.8) is 0 Å². The average molecular weight is 644 g/mol. The van der Waals surface area contributed by atoms with Gasteiger partial charge in [0, 0.05) is 38.6 Å². The maximum Gasteiger partial charge on any atom is 0.490 e. The van der Waals surface area contributed by atoms with E-state index in [4.69, 9.17) is 24.5 Å². The monoisotopic (exact) mass is 643 g/mol. The number of hydrogen-bond donors (Lipinski definition) is 2. The van der Waals surface area contributed by atoms with Crippen molar-refractivity contribution in [3.05, 3.63) is 54.4 Å². The van der Waals surface area contributed by atoms with Gasteiger partial charge in [-0.1, -0.05) is 32.0 Å². The topological polar surface area (TPSA) is 137 Å². The summed E-state index contributed by atoms with van der Waals surface area (Å²) in [6, 6.07) is 10.9. The molecule has 0 saturated carbocycles. The highest BCUT2D eigenvalue weighted by atomic mass is 32.2. The molecule has 240 valence electrons. The number of ether oxygens (including phenoxy) is 1. The van der Waals surface area contributed by atoms with E-state index >= 15 is 0 Å². The molecule has 0 amide bonds. The molecular formula is C26H31F6N3O7S. The Morgan fingerprint density at radius 3 is 2.05 bits per heavy atom. The number of carbonyl (C=O) groups is 2. The van der Waals surface area contributed by atoms with Gasteiger partial charge in [-0.3, -0.25) is 9.88 Å². The van der Waals surface area contributed by atoms with Gasteiger partial charge in [0.05, 0.1) is 6.04 Å². The van der Waals surface area contributed by atoms with Gasteiger partial charge in [-0.05, 0) is 42.5 Å². The number of halogens is 6. The summed E-state index contributed by atoms with van der Waals surface area (Å²) in [6.07, 6.45) is -5.09. The van der Waals surface area contributed by atoms with Gasteiger partial charge in [-0.25, -0.2) is 18.0 Å². The van der Waals surface area contributed by atoms with E-state index in [0.29, 0.717) is 17.2 Å². The molecule has 2 atom stereocenters. The SMILES string of the molecule is CC(C)CN1[C@H]2CCN(Cc3cccnc3)CC[C@@H]2Oc2ccccc2S1(=O)=O.O=C(O)C(F)(F)F.O=C(O)C(F)(F)F. The van der Waals surface area contributed by atoms with E-state index in [1.54, 1.807) is 28.7 Å². The van der Waals surface area contributed by atoms with Crippen LogP contribution in [0.15, 0.2) is 53.7 Å². The van der Waals surface area contributed by atoms with Crippen LogP contribution in [-0.4, -0.2) is 88.9 Å². The minimum atomic E-state index is -5.08. The van der Waals surface area contributed by atoms with Crippen LogP contribution in [0.4, 0.5) is 26.3 Å². The van der Waals surface area contributed by atoms with Gasteiger partial charge in [0.1, 0.15) is 16.7 Å². The van der Waals surface area contributed by atoms with Gasteiger partial charge in [0.25, 0.3) is 0 Å². The van der Waals surface area contributed by atoms with Crippen LogP contribution >= 0.6 is 0 Å². The number of alkyl halides is 6. The summed E-state index contributed by atoms with van der Waals surface area (Å²) >= 11 is 0. The Balaban J connectivity index is 0.000000384. The third-order valence-electron chi connectivity index (χ3n) is 6.14. The third kappa shape index (κ3) is 10.7. The van der Waals surface area contributed by atoms with Gasteiger partial charge >= 0.3 is 24.3 Å². The van der Waals surface area contributed by atoms with Crippen molar-refractivity contribution < 1.29 is 59.3 Å². The maximum atomic E-state index is 13.5. The Labute approximate surface area is 243 Å². The summed E-state index contributed by atoms with van der Waals surface area (Å²) in [7, 11) is -3.60. The van der Waals surface area contributed by atoms with Crippen LogP contribution in [0.5, 0.6) is 5.75 Å². The molecule has 2 aliphatic heterocycles. The lowest BCUT2D eigenvalue weighted by Crippen LogP contribution is -2.48. The molecule has 4 rings (SSSR count). The predicted octanol–water partition coefficient (Wildman–Crippen LogP) is 4.42. The highest BCUT2D eigenvalue weighted by Gasteiger charge is 2.43. The van der Waals surface area contributed by atoms with Gasteiger partial charge in [-0.15, -0.1) is 0 Å². The quantitative estimate of drug-likeness (QED) is 0.464. The van der Waals surface area contributed by atoms with E-state index in [0.717, 1.165) is 32.5 Å². The molecule has 1 aromatic heterocycles. The summed E-state index contributed by atoms with van der Waals surface area (Å²) in [5.74, 6) is -4.79. The Morgan fingerprint density at radius 2 is 1.53 bits per heavy atom. The van der Waals surface area contributed by atoms with E-state index < -0.39 is 34.3 Å². The minimum absolute atomic E-state index is 0.147. The first-order valence-electron chi connectivity index (χ1n) is 12.8. The molecule has 0 unspecified atom stereocenters. The molecule has 2 N–H and O–H groups in total. The van der Waals surface area contributed by atoms with Gasteiger partial charge in [-0.2, -0.15) is 30.6 Å². The zero-order chi connectivity index (χ0) is 32.6. The number of para-hydroxylation sites is 1. The van der Waals surface area contributed by atoms with E-state index in [9.17, 15) is 34.8 Å². The molecule has 0 aliphatic carbocycles. The molecule has 1 aromatic carbocycles. The zero-order valence-corrected chi connectivity index (χ0v) is 23.9. The lowest BCUT2D eigenvalue weighted by atomic mass is 10.0. The molecule has 10 nitrogen and oxygen atoms in total. The second-order valence-corrected chi connectivity index (χ2v) is 11.8. The van der Waals surface area contributed by atoms with Crippen molar-refractivity contribution >= 4 is 22.0 Å². The highest BCUT2D eigenvalue weighted by Crippen LogP contribution is 2.37. The summed E-state index contributed by atoms with van der Waals surface area (Å²) in [5, 5.41) is 14.2. The first-order valence-corrected chi connectivity index (χ1v) is 14.3. The highest BCUT2D eigenvalue weighted by molar-refractivity contribution is 7.89. The van der Waals surface area contributed by atoms with E-state index in [1.807, 2.05) is 18.3 Å². The summed E-state index contributed by atoms with van der Waals surface area (Å²) in [4.78, 5) is 24.7. The summed E-state index contributed by atoms with van der Waals surface area (Å²) in [5.41, 5.74) is 1.17. The van der Waals surface area contributed by atoms with Crippen molar-refractivity contribution in [1.29, 1.82) is 0 Å². The molecule has 0 spiro atoms. The van der Waals surface area contributed by atoms with Gasteiger partial charge in [0.2, 0.25) is 10.0 Å². The number of aromatic nitrogens is 1. The summed E-state index contributed by atoms with van der Waals surface area (Å²) in [6.45, 7) is 7.15. The van der Waals surface area contributed by atoms with Crippen molar-refractivity contribution in [2.45, 2.75) is 62.6 Å². The van der Waals surface area contributed by atoms with Crippen molar-refractivity contribution in [3.8, 4) is 5.75 Å². The Hall–Kier alpha value is -3.44. The number of rotatable bonds is 4. The molecule has 0 radical (unpaired) electrons. The Kier molecular flexibility index (Phi) is 12.3. The largest absolute Gasteiger partial charge is 0.490 e. The van der Waals surface area contributed by atoms with Gasteiger partial charge < -0.3 is 14.9 Å². The number of nitrogens with zero attached hydrogens (tertiary/aromatic N) is 3. The zero-order valence-electron chi connectivity index (χ0n) is 23.0. The van der Waals surface area contributed by atoms with Crippen LogP contribution in [0, 0.1) is 5.92 Å². The fraction of sp³-hybridized carbons (Fsp3) is 0.500. The average Bonchev–Trinajstić information content (AvgIpc) is 3.13. The second-order valence-electron chi connectivity index (χ2n) is 9.96. The van der Waals surface area contributed by atoms with E-state index in [-0.39, 0.29) is 18.1 Å². The molecular weight excluding hydrogens is 612 g/mol. The fourth-order valence-corrected chi connectivity index (χ4v) is 6.28. The molecule has 2 aliphatic rings. The van der Waals surface area contributed by atoms with Crippen LogP contribution in [0.1, 0.15) is 32.3 Å².